The predicted octanol–water partition coefficient (Wildman–Crippen LogP) is 2.72. The molecule has 1 aromatic heterocycles. The summed E-state index contributed by atoms with van der Waals surface area (Å²) in [5, 5.41) is 4.89. The number of urea groups is 1. The Kier molecular flexibility index (Phi) is 4.76. The number of carbonyl (C=O) groups is 1. The maximum atomic E-state index is 10.7. The average molecular weight is 322 g/mol. The third kappa shape index (κ3) is 3.73. The van der Waals surface area contributed by atoms with E-state index in [0.29, 0.717) is 13.2 Å². The first-order valence-corrected chi connectivity index (χ1v) is 7.58. The van der Waals surface area contributed by atoms with E-state index in [2.05, 4.69) is 15.1 Å². The number of hydrogen-bond acceptors (Lipinski definition) is 3. The summed E-state index contributed by atoms with van der Waals surface area (Å²) >= 11 is 0. The summed E-state index contributed by atoms with van der Waals surface area (Å²) < 4.78 is 7.85. The van der Waals surface area contributed by atoms with E-state index in [1.807, 2.05) is 60.8 Å². The molecule has 0 bridgehead atoms. The van der Waals surface area contributed by atoms with Gasteiger partial charge in [0.2, 0.25) is 0 Å². The van der Waals surface area contributed by atoms with Crippen LogP contribution in [0.5, 0.6) is 5.75 Å². The third-order valence-corrected chi connectivity index (χ3v) is 3.54. The van der Waals surface area contributed by atoms with Crippen LogP contribution in [0.15, 0.2) is 65.9 Å². The lowest BCUT2D eigenvalue weighted by Crippen LogP contribution is -2.24. The standard InChI is InChI=1S/C18H18N4O2/c19-18(23)21-20-12-14-13-22(17-9-5-4-8-16(14)17)10-11-24-15-6-2-1-3-7-15/h1-9,12-13H,10-11H2,(H3,19,21,23)/b20-12-. The third-order valence-electron chi connectivity index (χ3n) is 3.54. The summed E-state index contributed by atoms with van der Waals surface area (Å²) in [6.07, 6.45) is 3.56. The zero-order valence-electron chi connectivity index (χ0n) is 13.1. The number of rotatable bonds is 6. The van der Waals surface area contributed by atoms with Crippen LogP contribution in [0, 0.1) is 0 Å². The lowest BCUT2D eigenvalue weighted by Gasteiger charge is -2.08. The molecular weight excluding hydrogens is 304 g/mol. The van der Waals surface area contributed by atoms with Crippen molar-refractivity contribution in [1.82, 2.24) is 9.99 Å². The number of hydrogen-bond donors (Lipinski definition) is 2. The number of nitrogens with zero attached hydrogens (tertiary/aromatic N) is 2. The number of nitrogens with one attached hydrogen (secondary N) is 1. The molecule has 0 saturated carbocycles. The Hall–Kier alpha value is -3.28. The van der Waals surface area contributed by atoms with Gasteiger partial charge in [0.1, 0.15) is 12.4 Å². The Balaban J connectivity index is 1.75. The van der Waals surface area contributed by atoms with Crippen LogP contribution >= 0.6 is 0 Å². The van der Waals surface area contributed by atoms with Crippen molar-refractivity contribution in [2.45, 2.75) is 6.54 Å². The molecule has 6 heteroatoms. The minimum Gasteiger partial charge on any atom is -0.492 e. The Morgan fingerprint density at radius 3 is 2.71 bits per heavy atom. The molecule has 0 aliphatic rings. The number of aromatic nitrogens is 1. The average Bonchev–Trinajstić information content (AvgIpc) is 2.94. The van der Waals surface area contributed by atoms with Crippen molar-refractivity contribution in [3.63, 3.8) is 0 Å². The van der Waals surface area contributed by atoms with Gasteiger partial charge in [-0.05, 0) is 18.2 Å². The highest BCUT2D eigenvalue weighted by Crippen LogP contribution is 2.20. The molecule has 6 nitrogen and oxygen atoms in total. The van der Waals surface area contributed by atoms with Crippen LogP contribution in [0.1, 0.15) is 5.56 Å². The molecule has 0 aliphatic carbocycles. The van der Waals surface area contributed by atoms with E-state index in [4.69, 9.17) is 10.5 Å². The summed E-state index contributed by atoms with van der Waals surface area (Å²) in [6.45, 7) is 1.26. The molecule has 0 radical (unpaired) electrons. The van der Waals surface area contributed by atoms with Gasteiger partial charge in [0.25, 0.3) is 0 Å². The summed E-state index contributed by atoms with van der Waals surface area (Å²) in [7, 11) is 0. The molecule has 1 heterocycles. The first kappa shape index (κ1) is 15.6. The molecule has 3 N–H and O–H groups in total. The van der Waals surface area contributed by atoms with Gasteiger partial charge in [0.05, 0.1) is 12.8 Å². The lowest BCUT2D eigenvalue weighted by atomic mass is 10.2. The number of benzene rings is 2. The summed E-state index contributed by atoms with van der Waals surface area (Å²) in [6, 6.07) is 17.0. The fraction of sp³-hybridized carbons (Fsp3) is 0.111. The maximum absolute atomic E-state index is 10.7. The highest BCUT2D eigenvalue weighted by atomic mass is 16.5. The number of fused-ring (bicyclic) bond motifs is 1. The van der Waals surface area contributed by atoms with Crippen molar-refractivity contribution >= 4 is 23.1 Å². The number of amides is 2. The Morgan fingerprint density at radius 2 is 1.92 bits per heavy atom. The number of primary amides is 1. The summed E-state index contributed by atoms with van der Waals surface area (Å²) in [4.78, 5) is 10.7. The van der Waals surface area contributed by atoms with E-state index in [-0.39, 0.29) is 0 Å². The minimum absolute atomic E-state index is 0.554. The Labute approximate surface area is 139 Å². The number of hydrazone groups is 1. The van der Waals surface area contributed by atoms with Gasteiger partial charge < -0.3 is 15.0 Å². The summed E-state index contributed by atoms with van der Waals surface area (Å²) in [5.41, 5.74) is 9.20. The normalized spacial score (nSPS) is 11.0. The molecular formula is C18H18N4O2. The van der Waals surface area contributed by atoms with Gasteiger partial charge >= 0.3 is 6.03 Å². The number of ether oxygens (including phenoxy) is 1. The molecule has 24 heavy (non-hydrogen) atoms. The van der Waals surface area contributed by atoms with Crippen LogP contribution in [0.3, 0.4) is 0 Å². The van der Waals surface area contributed by atoms with Crippen LogP contribution in [-0.2, 0) is 6.54 Å². The first-order valence-electron chi connectivity index (χ1n) is 7.58. The van der Waals surface area contributed by atoms with E-state index in [9.17, 15) is 4.79 Å². The predicted molar refractivity (Wildman–Crippen MR) is 94.2 cm³/mol. The zero-order valence-corrected chi connectivity index (χ0v) is 13.1. The molecule has 0 saturated heterocycles. The van der Waals surface area contributed by atoms with Crippen molar-refractivity contribution < 1.29 is 9.53 Å². The van der Waals surface area contributed by atoms with Crippen LogP contribution in [0.4, 0.5) is 4.79 Å². The van der Waals surface area contributed by atoms with E-state index >= 15 is 0 Å². The van der Waals surface area contributed by atoms with Crippen LogP contribution in [0.25, 0.3) is 10.9 Å². The zero-order chi connectivity index (χ0) is 16.8. The molecule has 0 spiro atoms. The Morgan fingerprint density at radius 1 is 1.17 bits per heavy atom. The van der Waals surface area contributed by atoms with Crippen LogP contribution in [-0.4, -0.2) is 23.4 Å². The molecule has 0 aliphatic heterocycles. The molecule has 3 aromatic rings. The smallest absolute Gasteiger partial charge is 0.332 e. The van der Waals surface area contributed by atoms with Gasteiger partial charge in [-0.1, -0.05) is 36.4 Å². The monoisotopic (exact) mass is 322 g/mol. The van der Waals surface area contributed by atoms with E-state index in [1.165, 1.54) is 0 Å². The molecule has 0 atom stereocenters. The number of carbonyl (C=O) groups excluding carboxylic acids is 1. The molecule has 0 fully saturated rings. The maximum Gasteiger partial charge on any atom is 0.332 e. The van der Waals surface area contributed by atoms with Gasteiger partial charge in [-0.2, -0.15) is 5.10 Å². The fourth-order valence-corrected chi connectivity index (χ4v) is 2.51. The van der Waals surface area contributed by atoms with Crippen molar-refractivity contribution in [3.05, 3.63) is 66.4 Å². The van der Waals surface area contributed by atoms with Crippen LogP contribution in [0.2, 0.25) is 0 Å². The molecule has 2 aromatic carbocycles. The van der Waals surface area contributed by atoms with Crippen molar-refractivity contribution in [3.8, 4) is 5.75 Å². The highest BCUT2D eigenvalue weighted by molar-refractivity contribution is 5.99. The number of nitrogens with two attached hydrogens (primary N) is 1. The molecule has 3 rings (SSSR count). The van der Waals surface area contributed by atoms with Gasteiger partial charge in [0, 0.05) is 22.7 Å². The second-order valence-electron chi connectivity index (χ2n) is 5.19. The first-order chi connectivity index (χ1) is 11.7. The molecule has 122 valence electrons. The minimum atomic E-state index is -0.689. The topological polar surface area (TPSA) is 81.6 Å². The van der Waals surface area contributed by atoms with Gasteiger partial charge in [0.15, 0.2) is 0 Å². The van der Waals surface area contributed by atoms with Crippen molar-refractivity contribution in [2.75, 3.05) is 6.61 Å². The van der Waals surface area contributed by atoms with Gasteiger partial charge in [-0.3, -0.25) is 0 Å². The summed E-state index contributed by atoms with van der Waals surface area (Å²) in [5.74, 6) is 0.849. The second kappa shape index (κ2) is 7.32. The largest absolute Gasteiger partial charge is 0.492 e. The van der Waals surface area contributed by atoms with E-state index in [1.54, 1.807) is 6.21 Å². The van der Waals surface area contributed by atoms with Crippen molar-refractivity contribution in [2.24, 2.45) is 10.8 Å². The van der Waals surface area contributed by atoms with E-state index in [0.717, 1.165) is 22.2 Å². The van der Waals surface area contributed by atoms with Gasteiger partial charge in [-0.25, -0.2) is 10.2 Å². The second-order valence-corrected chi connectivity index (χ2v) is 5.19. The SMILES string of the molecule is NC(=O)N/N=C\c1cn(CCOc2ccccc2)c2ccccc12. The lowest BCUT2D eigenvalue weighted by molar-refractivity contribution is 0.249. The fourth-order valence-electron chi connectivity index (χ4n) is 2.51. The quantitative estimate of drug-likeness (QED) is 0.540. The molecule has 2 amide bonds. The van der Waals surface area contributed by atoms with E-state index < -0.39 is 6.03 Å². The Bertz CT molecular complexity index is 856. The highest BCUT2D eigenvalue weighted by Gasteiger charge is 2.06. The van der Waals surface area contributed by atoms with Crippen LogP contribution < -0.4 is 15.9 Å². The number of para-hydroxylation sites is 2. The van der Waals surface area contributed by atoms with Gasteiger partial charge in [-0.15, -0.1) is 0 Å². The molecule has 0 unspecified atom stereocenters. The van der Waals surface area contributed by atoms with Crippen molar-refractivity contribution in [1.29, 1.82) is 0 Å².